The first-order chi connectivity index (χ1) is 16.1. The zero-order valence-electron chi connectivity index (χ0n) is 18.2. The maximum Gasteiger partial charge on any atom is 0.416 e. The zero-order chi connectivity index (χ0) is 24.5. The summed E-state index contributed by atoms with van der Waals surface area (Å²) in [5, 5.41) is 13.0. The minimum absolute atomic E-state index is 0.0544. The van der Waals surface area contributed by atoms with Crippen molar-refractivity contribution in [1.29, 1.82) is 0 Å². The molecule has 3 heterocycles. The molecule has 0 radical (unpaired) electrons. The first-order valence-electron chi connectivity index (χ1n) is 10.4. The van der Waals surface area contributed by atoms with Crippen LogP contribution >= 0.6 is 0 Å². The predicted octanol–water partition coefficient (Wildman–Crippen LogP) is 3.83. The number of hydrogen-bond acceptors (Lipinski definition) is 8. The third kappa shape index (κ3) is 4.91. The second kappa shape index (κ2) is 9.21. The average Bonchev–Trinajstić information content (AvgIpc) is 3.20. The molecule has 0 bridgehead atoms. The largest absolute Gasteiger partial charge is 0.447 e. The second-order valence-electron chi connectivity index (χ2n) is 7.76. The van der Waals surface area contributed by atoms with Crippen molar-refractivity contribution in [3.63, 3.8) is 0 Å². The number of hydrogen-bond donors (Lipinski definition) is 2. The maximum absolute atomic E-state index is 12.8. The fraction of sp³-hybridized carbons (Fsp3) is 0.318. The number of aromatic nitrogens is 4. The van der Waals surface area contributed by atoms with Crippen molar-refractivity contribution >= 4 is 17.9 Å². The number of amides is 1. The van der Waals surface area contributed by atoms with E-state index in [4.69, 9.17) is 4.74 Å². The van der Waals surface area contributed by atoms with Crippen LogP contribution in [0.1, 0.15) is 31.3 Å². The fourth-order valence-corrected chi connectivity index (χ4v) is 3.43. The van der Waals surface area contributed by atoms with E-state index in [9.17, 15) is 23.1 Å². The van der Waals surface area contributed by atoms with Gasteiger partial charge >= 0.3 is 12.3 Å². The molecular formula is C22H21F3N6O3. The van der Waals surface area contributed by atoms with Gasteiger partial charge in [0.15, 0.2) is 0 Å². The Hall–Kier alpha value is -3.80. The Morgan fingerprint density at radius 3 is 2.38 bits per heavy atom. The Morgan fingerprint density at radius 1 is 1.09 bits per heavy atom. The average molecular weight is 474 g/mol. The van der Waals surface area contributed by atoms with Crippen molar-refractivity contribution in [3.05, 3.63) is 60.3 Å². The monoisotopic (exact) mass is 474 g/mol. The normalized spacial score (nSPS) is 17.9. The molecule has 9 nitrogen and oxygen atoms in total. The topological polar surface area (TPSA) is 113 Å². The van der Waals surface area contributed by atoms with E-state index in [1.165, 1.54) is 41.7 Å². The lowest BCUT2D eigenvalue weighted by atomic mass is 10.1. The molecule has 1 amide bonds. The van der Waals surface area contributed by atoms with Gasteiger partial charge in [-0.3, -0.25) is 4.90 Å². The zero-order valence-corrected chi connectivity index (χ0v) is 18.2. The molecule has 178 valence electrons. The van der Waals surface area contributed by atoms with Crippen molar-refractivity contribution in [2.45, 2.75) is 38.2 Å². The number of ether oxygens (including phenoxy) is 1. The van der Waals surface area contributed by atoms with E-state index >= 15 is 0 Å². The molecule has 1 fully saturated rings. The van der Waals surface area contributed by atoms with Crippen LogP contribution in [0.5, 0.6) is 0 Å². The number of halogens is 3. The maximum atomic E-state index is 12.8. The van der Waals surface area contributed by atoms with Crippen LogP contribution in [0.15, 0.2) is 48.9 Å². The van der Waals surface area contributed by atoms with Gasteiger partial charge in [-0.05, 0) is 37.6 Å². The summed E-state index contributed by atoms with van der Waals surface area (Å²) in [6, 6.07) is 5.31. The van der Waals surface area contributed by atoms with Crippen molar-refractivity contribution in [2.24, 2.45) is 0 Å². The van der Waals surface area contributed by atoms with Crippen molar-refractivity contribution in [1.82, 2.24) is 19.9 Å². The van der Waals surface area contributed by atoms with E-state index in [1.54, 1.807) is 13.8 Å². The summed E-state index contributed by atoms with van der Waals surface area (Å²) in [6.07, 6.45) is -1.30. The highest BCUT2D eigenvalue weighted by atomic mass is 19.4. The summed E-state index contributed by atoms with van der Waals surface area (Å²) < 4.78 is 43.3. The van der Waals surface area contributed by atoms with Crippen LogP contribution < -0.4 is 10.2 Å². The van der Waals surface area contributed by atoms with Gasteiger partial charge in [-0.1, -0.05) is 12.1 Å². The highest BCUT2D eigenvalue weighted by molar-refractivity contribution is 5.89. The minimum Gasteiger partial charge on any atom is -0.447 e. The number of nitrogens with one attached hydrogen (secondary N) is 1. The summed E-state index contributed by atoms with van der Waals surface area (Å²) in [5.41, 5.74) is 0.400. The van der Waals surface area contributed by atoms with Gasteiger partial charge in [0, 0.05) is 24.2 Å². The van der Waals surface area contributed by atoms with E-state index in [1.807, 2.05) is 0 Å². The van der Waals surface area contributed by atoms with Gasteiger partial charge in [0.1, 0.15) is 24.3 Å². The number of cyclic esters (lactones) is 1. The second-order valence-corrected chi connectivity index (χ2v) is 7.76. The molecule has 0 aliphatic carbocycles. The molecule has 1 aliphatic rings. The summed E-state index contributed by atoms with van der Waals surface area (Å²) >= 11 is 0. The number of carbonyl (C=O) groups is 1. The first kappa shape index (κ1) is 23.4. The third-order valence-electron chi connectivity index (χ3n) is 5.30. The first-order valence-corrected chi connectivity index (χ1v) is 10.4. The third-order valence-corrected chi connectivity index (χ3v) is 5.30. The molecule has 1 aromatic carbocycles. The summed E-state index contributed by atoms with van der Waals surface area (Å²) in [4.78, 5) is 30.5. The lowest BCUT2D eigenvalue weighted by Gasteiger charge is -2.23. The van der Waals surface area contributed by atoms with Crippen molar-refractivity contribution in [3.8, 4) is 11.1 Å². The molecule has 34 heavy (non-hydrogen) atoms. The molecule has 2 N–H and O–H groups in total. The van der Waals surface area contributed by atoms with Crippen LogP contribution in [0.2, 0.25) is 0 Å². The molecule has 3 atom stereocenters. The summed E-state index contributed by atoms with van der Waals surface area (Å²) in [6.45, 7) is 3.40. The van der Waals surface area contributed by atoms with Gasteiger partial charge < -0.3 is 15.2 Å². The Balaban J connectivity index is 1.47. The molecule has 0 spiro atoms. The molecule has 0 saturated carbocycles. The molecular weight excluding hydrogens is 453 g/mol. The Morgan fingerprint density at radius 2 is 1.76 bits per heavy atom. The van der Waals surface area contributed by atoms with Crippen LogP contribution in [0.25, 0.3) is 11.1 Å². The number of aliphatic hydroxyl groups excluding tert-OH is 1. The van der Waals surface area contributed by atoms with Gasteiger partial charge in [0.25, 0.3) is 0 Å². The fourth-order valence-electron chi connectivity index (χ4n) is 3.43. The molecule has 1 unspecified atom stereocenters. The van der Waals surface area contributed by atoms with Gasteiger partial charge in [-0.15, -0.1) is 0 Å². The Bertz CT molecular complexity index is 1160. The number of benzene rings is 1. The number of nitrogens with zero attached hydrogens (tertiary/aromatic N) is 5. The highest BCUT2D eigenvalue weighted by Gasteiger charge is 2.38. The van der Waals surface area contributed by atoms with Gasteiger partial charge in [0.2, 0.25) is 5.95 Å². The smallest absolute Gasteiger partial charge is 0.416 e. The van der Waals surface area contributed by atoms with Crippen LogP contribution in [-0.2, 0) is 10.9 Å². The van der Waals surface area contributed by atoms with Gasteiger partial charge in [0.05, 0.1) is 17.7 Å². The minimum atomic E-state index is -4.40. The summed E-state index contributed by atoms with van der Waals surface area (Å²) in [5.74, 6) is 0.897. The number of rotatable bonds is 6. The Kier molecular flexibility index (Phi) is 6.33. The van der Waals surface area contributed by atoms with Crippen LogP contribution in [0.4, 0.5) is 29.7 Å². The lowest BCUT2D eigenvalue weighted by Crippen LogP contribution is -2.41. The Labute approximate surface area is 192 Å². The van der Waals surface area contributed by atoms with Crippen LogP contribution in [0, 0.1) is 0 Å². The van der Waals surface area contributed by atoms with E-state index in [0.29, 0.717) is 17.0 Å². The number of alkyl halides is 3. The lowest BCUT2D eigenvalue weighted by molar-refractivity contribution is -0.137. The standard InChI is InChI=1S/C22H21F3N6O3/c1-12(19-27-9-15(10-28-19)14-3-5-16(6-4-14)22(23,24)25)29-20-26-8-7-18(30-20)31-17(13(2)32)11-34-21(31)33/h3-10,12-13,17,32H,11H2,1-2H3,(H,26,29,30)/t12?,13-,17-/m1/s1. The number of anilines is 2. The van der Waals surface area contributed by atoms with E-state index in [2.05, 4.69) is 25.3 Å². The van der Waals surface area contributed by atoms with Crippen LogP contribution in [-0.4, -0.2) is 49.9 Å². The molecule has 3 aromatic rings. The quantitative estimate of drug-likeness (QED) is 0.554. The van der Waals surface area contributed by atoms with Gasteiger partial charge in [-0.25, -0.2) is 19.7 Å². The SMILES string of the molecule is CC(Nc1nccc(N2C(=O)OC[C@@H]2[C@@H](C)O)n1)c1ncc(-c2ccc(C(F)(F)F)cc2)cn1. The van der Waals surface area contributed by atoms with E-state index in [0.717, 1.165) is 12.1 Å². The molecule has 1 saturated heterocycles. The summed E-state index contributed by atoms with van der Waals surface area (Å²) in [7, 11) is 0. The molecule has 4 rings (SSSR count). The van der Waals surface area contributed by atoms with E-state index < -0.39 is 36.0 Å². The van der Waals surface area contributed by atoms with Crippen LogP contribution in [0.3, 0.4) is 0 Å². The highest BCUT2D eigenvalue weighted by Crippen LogP contribution is 2.31. The molecule has 12 heteroatoms. The van der Waals surface area contributed by atoms with Crippen molar-refractivity contribution in [2.75, 3.05) is 16.8 Å². The number of carbonyl (C=O) groups excluding carboxylic acids is 1. The van der Waals surface area contributed by atoms with E-state index in [-0.39, 0.29) is 18.4 Å². The molecule has 2 aromatic heterocycles. The number of aliphatic hydroxyl groups is 1. The van der Waals surface area contributed by atoms with Gasteiger partial charge in [-0.2, -0.15) is 18.2 Å². The molecule has 1 aliphatic heterocycles. The van der Waals surface area contributed by atoms with Crippen molar-refractivity contribution < 1.29 is 27.8 Å². The predicted molar refractivity (Wildman–Crippen MR) is 116 cm³/mol.